The summed E-state index contributed by atoms with van der Waals surface area (Å²) in [6, 6.07) is 0. The summed E-state index contributed by atoms with van der Waals surface area (Å²) in [5, 5.41) is 0. The molecule has 0 bridgehead atoms. The Kier molecular flexibility index (Phi) is 3.35. The lowest BCUT2D eigenvalue weighted by Gasteiger charge is -2.22. The van der Waals surface area contributed by atoms with Crippen molar-refractivity contribution in [1.82, 2.24) is 0 Å². The minimum Gasteiger partial charge on any atom is -0.310 e. The molecule has 0 aromatic carbocycles. The Morgan fingerprint density at radius 3 is 2.33 bits per heavy atom. The lowest BCUT2D eigenvalue weighted by molar-refractivity contribution is 0.131. The molecule has 12 heavy (non-hydrogen) atoms. The fourth-order valence-corrected chi connectivity index (χ4v) is 2.71. The van der Waals surface area contributed by atoms with Gasteiger partial charge in [0.1, 0.15) is 0 Å². The van der Waals surface area contributed by atoms with Crippen LogP contribution in [-0.4, -0.2) is 19.3 Å². The van der Waals surface area contributed by atoms with Gasteiger partial charge in [0.05, 0.1) is 19.3 Å². The highest BCUT2D eigenvalue weighted by molar-refractivity contribution is 7.41. The van der Waals surface area contributed by atoms with Crippen molar-refractivity contribution in [1.29, 1.82) is 0 Å². The molecule has 4 heteroatoms. The van der Waals surface area contributed by atoms with E-state index in [-0.39, 0.29) is 0 Å². The normalized spacial score (nSPS) is 28.0. The highest BCUT2D eigenvalue weighted by atomic mass is 31.2. The van der Waals surface area contributed by atoms with Crippen LogP contribution in [0, 0.1) is 0 Å². The Morgan fingerprint density at radius 1 is 1.00 bits per heavy atom. The first kappa shape index (κ1) is 8.89. The van der Waals surface area contributed by atoms with Gasteiger partial charge >= 0.3 is 8.60 Å². The summed E-state index contributed by atoms with van der Waals surface area (Å²) in [6.45, 7) is 1.41. The van der Waals surface area contributed by atoms with E-state index in [2.05, 4.69) is 0 Å². The molecule has 0 aromatic heterocycles. The predicted octanol–water partition coefficient (Wildman–Crippen LogP) is 2.61. The minimum absolute atomic E-state index is 0.406. The van der Waals surface area contributed by atoms with Crippen LogP contribution in [-0.2, 0) is 13.6 Å². The van der Waals surface area contributed by atoms with Crippen LogP contribution in [0.1, 0.15) is 32.1 Å². The smallest absolute Gasteiger partial charge is 0.310 e. The van der Waals surface area contributed by atoms with Crippen molar-refractivity contribution >= 4 is 8.60 Å². The summed E-state index contributed by atoms with van der Waals surface area (Å²) in [5.74, 6) is 0. The third kappa shape index (κ3) is 2.40. The lowest BCUT2D eigenvalue weighted by Crippen LogP contribution is -2.14. The van der Waals surface area contributed by atoms with E-state index >= 15 is 0 Å². The van der Waals surface area contributed by atoms with Gasteiger partial charge in [-0.05, 0) is 12.8 Å². The summed E-state index contributed by atoms with van der Waals surface area (Å²) in [5.41, 5.74) is 0. The Bertz CT molecular complexity index is 130. The Balaban J connectivity index is 1.69. The van der Waals surface area contributed by atoms with E-state index < -0.39 is 8.60 Å². The van der Waals surface area contributed by atoms with Crippen molar-refractivity contribution < 1.29 is 13.6 Å². The van der Waals surface area contributed by atoms with Gasteiger partial charge in [-0.2, -0.15) is 0 Å². The van der Waals surface area contributed by atoms with E-state index in [1.165, 1.54) is 32.1 Å². The van der Waals surface area contributed by atoms with Gasteiger partial charge in [-0.15, -0.1) is 0 Å². The van der Waals surface area contributed by atoms with E-state index in [1.54, 1.807) is 0 Å². The van der Waals surface area contributed by atoms with Crippen molar-refractivity contribution in [3.63, 3.8) is 0 Å². The SMILES string of the molecule is C1CCC(OP2OCCO2)CC1. The molecule has 0 unspecified atom stereocenters. The van der Waals surface area contributed by atoms with Crippen molar-refractivity contribution in [2.24, 2.45) is 0 Å². The van der Waals surface area contributed by atoms with Crippen molar-refractivity contribution in [2.75, 3.05) is 13.2 Å². The predicted molar refractivity (Wildman–Crippen MR) is 46.8 cm³/mol. The van der Waals surface area contributed by atoms with Gasteiger partial charge in [0.15, 0.2) is 0 Å². The second-order valence-electron chi connectivity index (χ2n) is 3.26. The second kappa shape index (κ2) is 4.52. The first-order valence-electron chi connectivity index (χ1n) is 4.68. The average Bonchev–Trinajstić information content (AvgIpc) is 2.59. The summed E-state index contributed by atoms with van der Waals surface area (Å²) >= 11 is 0. The molecule has 1 saturated carbocycles. The molecule has 0 spiro atoms. The molecule has 2 fully saturated rings. The standard InChI is InChI=1S/C8H15O3P/c1-2-4-8(5-3-1)11-12-9-6-7-10-12/h8H,1-7H2. The summed E-state index contributed by atoms with van der Waals surface area (Å²) < 4.78 is 16.2. The van der Waals surface area contributed by atoms with Crippen LogP contribution >= 0.6 is 8.60 Å². The number of rotatable bonds is 2. The van der Waals surface area contributed by atoms with E-state index in [0.717, 1.165) is 0 Å². The topological polar surface area (TPSA) is 27.7 Å². The zero-order chi connectivity index (χ0) is 8.23. The lowest BCUT2D eigenvalue weighted by atomic mass is 9.98. The average molecular weight is 190 g/mol. The molecular weight excluding hydrogens is 175 g/mol. The molecule has 0 amide bonds. The molecule has 1 aliphatic carbocycles. The number of hydrogen-bond donors (Lipinski definition) is 0. The van der Waals surface area contributed by atoms with Crippen LogP contribution in [0.5, 0.6) is 0 Å². The van der Waals surface area contributed by atoms with Crippen LogP contribution in [0.2, 0.25) is 0 Å². The van der Waals surface area contributed by atoms with Gasteiger partial charge in [-0.25, -0.2) is 0 Å². The highest BCUT2D eigenvalue weighted by Gasteiger charge is 2.24. The monoisotopic (exact) mass is 190 g/mol. The van der Waals surface area contributed by atoms with Crippen molar-refractivity contribution in [3.8, 4) is 0 Å². The van der Waals surface area contributed by atoms with Crippen molar-refractivity contribution in [2.45, 2.75) is 38.2 Å². The fraction of sp³-hybridized carbons (Fsp3) is 1.00. The van der Waals surface area contributed by atoms with E-state index in [0.29, 0.717) is 19.3 Å². The molecule has 1 saturated heterocycles. The van der Waals surface area contributed by atoms with Gasteiger partial charge in [-0.3, -0.25) is 0 Å². The molecular formula is C8H15O3P. The van der Waals surface area contributed by atoms with Crippen LogP contribution < -0.4 is 0 Å². The van der Waals surface area contributed by atoms with Gasteiger partial charge < -0.3 is 13.6 Å². The maximum atomic E-state index is 5.67. The molecule has 0 radical (unpaired) electrons. The summed E-state index contributed by atoms with van der Waals surface area (Å²) in [4.78, 5) is 0. The molecule has 3 nitrogen and oxygen atoms in total. The van der Waals surface area contributed by atoms with Crippen LogP contribution in [0.3, 0.4) is 0 Å². The molecule has 2 aliphatic rings. The fourth-order valence-electron chi connectivity index (χ4n) is 1.61. The van der Waals surface area contributed by atoms with E-state index in [4.69, 9.17) is 13.6 Å². The van der Waals surface area contributed by atoms with Crippen LogP contribution in [0.4, 0.5) is 0 Å². The quantitative estimate of drug-likeness (QED) is 0.626. The zero-order valence-corrected chi connectivity index (χ0v) is 8.09. The number of hydrogen-bond acceptors (Lipinski definition) is 3. The maximum absolute atomic E-state index is 5.67. The third-order valence-electron chi connectivity index (χ3n) is 2.26. The van der Waals surface area contributed by atoms with Gasteiger partial charge in [0.2, 0.25) is 0 Å². The molecule has 1 heterocycles. The minimum atomic E-state index is -0.968. The second-order valence-corrected chi connectivity index (χ2v) is 4.43. The Hall–Kier alpha value is 0.310. The third-order valence-corrected chi connectivity index (χ3v) is 3.52. The maximum Gasteiger partial charge on any atom is 0.333 e. The van der Waals surface area contributed by atoms with Crippen molar-refractivity contribution in [3.05, 3.63) is 0 Å². The Morgan fingerprint density at radius 2 is 1.67 bits per heavy atom. The summed E-state index contributed by atoms with van der Waals surface area (Å²) in [7, 11) is -0.968. The summed E-state index contributed by atoms with van der Waals surface area (Å²) in [6.07, 6.45) is 6.74. The largest absolute Gasteiger partial charge is 0.333 e. The van der Waals surface area contributed by atoms with Gasteiger partial charge in [0.25, 0.3) is 0 Å². The molecule has 2 rings (SSSR count). The molecule has 70 valence electrons. The molecule has 0 N–H and O–H groups in total. The van der Waals surface area contributed by atoms with Gasteiger partial charge in [0, 0.05) is 0 Å². The van der Waals surface area contributed by atoms with Crippen LogP contribution in [0.15, 0.2) is 0 Å². The molecule has 0 atom stereocenters. The molecule has 1 aliphatic heterocycles. The van der Waals surface area contributed by atoms with E-state index in [1.807, 2.05) is 0 Å². The first-order chi connectivity index (χ1) is 5.95. The molecule has 0 aromatic rings. The van der Waals surface area contributed by atoms with E-state index in [9.17, 15) is 0 Å². The Labute approximate surface area is 74.4 Å². The van der Waals surface area contributed by atoms with Crippen LogP contribution in [0.25, 0.3) is 0 Å². The first-order valence-corrected chi connectivity index (χ1v) is 5.77. The van der Waals surface area contributed by atoms with Gasteiger partial charge in [-0.1, -0.05) is 19.3 Å². The highest BCUT2D eigenvalue weighted by Crippen LogP contribution is 2.46. The zero-order valence-electron chi connectivity index (χ0n) is 7.20.